The zero-order chi connectivity index (χ0) is 12.7. The van der Waals surface area contributed by atoms with Crippen LogP contribution >= 0.6 is 0 Å². The Balaban J connectivity index is 2.22. The van der Waals surface area contributed by atoms with Crippen LogP contribution in [0.1, 0.15) is 26.2 Å². The van der Waals surface area contributed by atoms with Gasteiger partial charge in [-0.1, -0.05) is 6.92 Å². The molecule has 1 fully saturated rings. The number of amides is 1. The van der Waals surface area contributed by atoms with Gasteiger partial charge in [0.15, 0.2) is 0 Å². The molecule has 1 aliphatic heterocycles. The summed E-state index contributed by atoms with van der Waals surface area (Å²) in [4.78, 5) is 11.6. The van der Waals surface area contributed by atoms with E-state index >= 15 is 0 Å². The van der Waals surface area contributed by atoms with Gasteiger partial charge in [0.2, 0.25) is 5.91 Å². The minimum Gasteiger partial charge on any atom is -0.378 e. The minimum atomic E-state index is -0.324. The number of hydrogen-bond acceptors (Lipinski definition) is 4. The highest BCUT2D eigenvalue weighted by Gasteiger charge is 2.35. The molecule has 1 saturated heterocycles. The largest absolute Gasteiger partial charge is 0.378 e. The third-order valence-electron chi connectivity index (χ3n) is 3.37. The number of nitrogens with two attached hydrogens (primary N) is 1. The van der Waals surface area contributed by atoms with Gasteiger partial charge in [-0.25, -0.2) is 0 Å². The van der Waals surface area contributed by atoms with Crippen molar-refractivity contribution in [1.29, 1.82) is 0 Å². The summed E-state index contributed by atoms with van der Waals surface area (Å²) in [5.74, 6) is 0.459. The van der Waals surface area contributed by atoms with E-state index in [-0.39, 0.29) is 11.5 Å². The van der Waals surface area contributed by atoms with Crippen LogP contribution in [-0.4, -0.2) is 44.9 Å². The lowest BCUT2D eigenvalue weighted by Crippen LogP contribution is -2.45. The SMILES string of the molecule is COC1(CNC(=O)CCC(C)CN)CCOC1. The van der Waals surface area contributed by atoms with E-state index in [2.05, 4.69) is 12.2 Å². The quantitative estimate of drug-likeness (QED) is 0.675. The average molecular weight is 244 g/mol. The first-order chi connectivity index (χ1) is 8.12. The average Bonchev–Trinajstić information content (AvgIpc) is 2.82. The van der Waals surface area contributed by atoms with Gasteiger partial charge in [-0.3, -0.25) is 4.79 Å². The second kappa shape index (κ2) is 6.93. The van der Waals surface area contributed by atoms with Gasteiger partial charge in [0.1, 0.15) is 5.60 Å². The molecule has 2 atom stereocenters. The Hall–Kier alpha value is -0.650. The lowest BCUT2D eigenvalue weighted by Gasteiger charge is -2.25. The Morgan fingerprint density at radius 3 is 2.94 bits per heavy atom. The van der Waals surface area contributed by atoms with Crippen LogP contribution in [0.25, 0.3) is 0 Å². The van der Waals surface area contributed by atoms with Crippen LogP contribution in [-0.2, 0) is 14.3 Å². The third kappa shape index (κ3) is 4.61. The molecule has 0 radical (unpaired) electrons. The van der Waals surface area contributed by atoms with Crippen LogP contribution in [0.2, 0.25) is 0 Å². The molecule has 1 heterocycles. The molecule has 5 heteroatoms. The zero-order valence-electron chi connectivity index (χ0n) is 10.8. The van der Waals surface area contributed by atoms with Crippen molar-refractivity contribution in [3.8, 4) is 0 Å². The number of carbonyl (C=O) groups is 1. The molecule has 0 aromatic heterocycles. The van der Waals surface area contributed by atoms with Crippen molar-refractivity contribution in [1.82, 2.24) is 5.32 Å². The van der Waals surface area contributed by atoms with Crippen LogP contribution in [0.4, 0.5) is 0 Å². The maximum Gasteiger partial charge on any atom is 0.220 e. The van der Waals surface area contributed by atoms with E-state index in [0.717, 1.165) is 12.8 Å². The van der Waals surface area contributed by atoms with Crippen molar-refractivity contribution in [3.63, 3.8) is 0 Å². The zero-order valence-corrected chi connectivity index (χ0v) is 10.8. The van der Waals surface area contributed by atoms with Gasteiger partial charge in [0, 0.05) is 33.1 Å². The van der Waals surface area contributed by atoms with Gasteiger partial charge in [0.25, 0.3) is 0 Å². The molecular formula is C12H24N2O3. The monoisotopic (exact) mass is 244 g/mol. The second-order valence-corrected chi connectivity index (χ2v) is 4.85. The van der Waals surface area contributed by atoms with Gasteiger partial charge in [-0.05, 0) is 18.9 Å². The topological polar surface area (TPSA) is 73.6 Å². The maximum atomic E-state index is 11.6. The molecule has 1 rings (SSSR count). The lowest BCUT2D eigenvalue weighted by atomic mass is 10.0. The first-order valence-corrected chi connectivity index (χ1v) is 6.21. The Labute approximate surface area is 103 Å². The fourth-order valence-electron chi connectivity index (χ4n) is 1.80. The van der Waals surface area contributed by atoms with Gasteiger partial charge in [-0.2, -0.15) is 0 Å². The number of methoxy groups -OCH3 is 1. The molecule has 0 aliphatic carbocycles. The van der Waals surface area contributed by atoms with Crippen molar-refractivity contribution in [2.75, 3.05) is 33.4 Å². The normalized spacial score (nSPS) is 25.8. The first kappa shape index (κ1) is 14.4. The van der Waals surface area contributed by atoms with Gasteiger partial charge in [0.05, 0.1) is 6.61 Å². The van der Waals surface area contributed by atoms with Gasteiger partial charge >= 0.3 is 0 Å². The first-order valence-electron chi connectivity index (χ1n) is 6.21. The molecular weight excluding hydrogens is 220 g/mol. The van der Waals surface area contributed by atoms with E-state index in [1.54, 1.807) is 7.11 Å². The predicted octanol–water partition coefficient (Wildman–Crippen LogP) is 0.283. The number of carbonyl (C=O) groups excluding carboxylic acids is 1. The number of nitrogens with one attached hydrogen (secondary N) is 1. The van der Waals surface area contributed by atoms with Crippen LogP contribution in [0, 0.1) is 5.92 Å². The van der Waals surface area contributed by atoms with E-state index in [1.807, 2.05) is 0 Å². The molecule has 0 spiro atoms. The molecule has 0 saturated carbocycles. The molecule has 100 valence electrons. The standard InChI is InChI=1S/C12H24N2O3/c1-10(7-13)3-4-11(15)14-8-12(16-2)5-6-17-9-12/h10H,3-9,13H2,1-2H3,(H,14,15). The Bertz CT molecular complexity index is 240. The van der Waals surface area contributed by atoms with Crippen LogP contribution < -0.4 is 11.1 Å². The van der Waals surface area contributed by atoms with Crippen molar-refractivity contribution in [2.45, 2.75) is 31.8 Å². The molecule has 3 N–H and O–H groups in total. The van der Waals surface area contributed by atoms with Gasteiger partial charge in [-0.15, -0.1) is 0 Å². The summed E-state index contributed by atoms with van der Waals surface area (Å²) in [6.07, 6.45) is 2.20. The summed E-state index contributed by atoms with van der Waals surface area (Å²) < 4.78 is 10.7. The molecule has 2 unspecified atom stereocenters. The van der Waals surface area contributed by atoms with E-state index < -0.39 is 0 Å². The molecule has 0 aromatic carbocycles. The summed E-state index contributed by atoms with van der Waals surface area (Å²) in [5, 5.41) is 2.91. The number of ether oxygens (including phenoxy) is 2. The van der Waals surface area contributed by atoms with Crippen molar-refractivity contribution in [3.05, 3.63) is 0 Å². The Kier molecular flexibility index (Phi) is 5.88. The summed E-state index contributed by atoms with van der Waals surface area (Å²) in [6, 6.07) is 0. The molecule has 0 aromatic rings. The smallest absolute Gasteiger partial charge is 0.220 e. The van der Waals surface area contributed by atoms with Gasteiger partial charge < -0.3 is 20.5 Å². The minimum absolute atomic E-state index is 0.0635. The molecule has 5 nitrogen and oxygen atoms in total. The highest BCUT2D eigenvalue weighted by atomic mass is 16.5. The summed E-state index contributed by atoms with van der Waals surface area (Å²) in [5.41, 5.74) is 5.18. The second-order valence-electron chi connectivity index (χ2n) is 4.85. The van der Waals surface area contributed by atoms with E-state index in [1.165, 1.54) is 0 Å². The fraction of sp³-hybridized carbons (Fsp3) is 0.917. The molecule has 0 bridgehead atoms. The van der Waals surface area contributed by atoms with Crippen molar-refractivity contribution < 1.29 is 14.3 Å². The van der Waals surface area contributed by atoms with Crippen LogP contribution in [0.3, 0.4) is 0 Å². The Morgan fingerprint density at radius 2 is 2.41 bits per heavy atom. The molecule has 1 aliphatic rings. The van der Waals surface area contributed by atoms with E-state index in [0.29, 0.717) is 38.6 Å². The molecule has 17 heavy (non-hydrogen) atoms. The van der Waals surface area contributed by atoms with Crippen LogP contribution in [0.15, 0.2) is 0 Å². The fourth-order valence-corrected chi connectivity index (χ4v) is 1.80. The summed E-state index contributed by atoms with van der Waals surface area (Å²) in [7, 11) is 1.66. The highest BCUT2D eigenvalue weighted by Crippen LogP contribution is 2.21. The van der Waals surface area contributed by atoms with Crippen molar-refractivity contribution in [2.24, 2.45) is 11.7 Å². The maximum absolute atomic E-state index is 11.6. The summed E-state index contributed by atoms with van der Waals surface area (Å²) in [6.45, 7) is 4.47. The van der Waals surface area contributed by atoms with E-state index in [4.69, 9.17) is 15.2 Å². The highest BCUT2D eigenvalue weighted by molar-refractivity contribution is 5.75. The summed E-state index contributed by atoms with van der Waals surface area (Å²) >= 11 is 0. The molecule has 1 amide bonds. The van der Waals surface area contributed by atoms with Crippen molar-refractivity contribution >= 4 is 5.91 Å². The lowest BCUT2D eigenvalue weighted by molar-refractivity contribution is -0.123. The number of rotatable bonds is 7. The third-order valence-corrected chi connectivity index (χ3v) is 3.37. The van der Waals surface area contributed by atoms with E-state index in [9.17, 15) is 4.79 Å². The Morgan fingerprint density at radius 1 is 1.65 bits per heavy atom. The number of hydrogen-bond donors (Lipinski definition) is 2. The predicted molar refractivity (Wildman–Crippen MR) is 65.6 cm³/mol. The van der Waals surface area contributed by atoms with Crippen LogP contribution in [0.5, 0.6) is 0 Å².